The summed E-state index contributed by atoms with van der Waals surface area (Å²) in [5, 5.41) is 11.6. The molecule has 0 bridgehead atoms. The van der Waals surface area contributed by atoms with E-state index < -0.39 is 0 Å². The summed E-state index contributed by atoms with van der Waals surface area (Å²) in [5.41, 5.74) is 3.96. The fraction of sp³-hybridized carbons (Fsp3) is 0.211. The number of rotatable bonds is 6. The number of aryl methyl sites for hydroxylation is 2. The summed E-state index contributed by atoms with van der Waals surface area (Å²) >= 11 is 1.34. The molecule has 0 fully saturated rings. The largest absolute Gasteiger partial charge is 0.497 e. The number of carbonyl (C=O) groups excluding carboxylic acids is 1. The Morgan fingerprint density at radius 2 is 1.85 bits per heavy atom. The Kier molecular flexibility index (Phi) is 5.58. The Morgan fingerprint density at radius 1 is 1.15 bits per heavy atom. The highest BCUT2D eigenvalue weighted by Crippen LogP contribution is 2.22. The Balaban J connectivity index is 1.64. The molecule has 1 N–H and O–H groups in total. The van der Waals surface area contributed by atoms with Crippen LogP contribution in [0.3, 0.4) is 0 Å². The van der Waals surface area contributed by atoms with Crippen LogP contribution >= 0.6 is 11.8 Å². The van der Waals surface area contributed by atoms with Crippen LogP contribution in [-0.4, -0.2) is 33.5 Å². The molecule has 2 aromatic carbocycles. The molecular weight excluding hydrogens is 348 g/mol. The number of hydrogen-bond donors (Lipinski definition) is 1. The third-order valence-corrected chi connectivity index (χ3v) is 4.65. The van der Waals surface area contributed by atoms with Crippen molar-refractivity contribution in [1.82, 2.24) is 14.8 Å². The van der Waals surface area contributed by atoms with Gasteiger partial charge in [0.1, 0.15) is 12.1 Å². The Labute approximate surface area is 156 Å². The second kappa shape index (κ2) is 8.05. The van der Waals surface area contributed by atoms with E-state index in [1.54, 1.807) is 13.4 Å². The van der Waals surface area contributed by atoms with Crippen LogP contribution in [0, 0.1) is 13.8 Å². The van der Waals surface area contributed by atoms with E-state index in [0.717, 1.165) is 28.3 Å². The van der Waals surface area contributed by atoms with E-state index in [1.807, 2.05) is 54.8 Å². The third-order valence-electron chi connectivity index (χ3n) is 3.70. The number of nitrogens with zero attached hydrogens (tertiary/aromatic N) is 3. The zero-order chi connectivity index (χ0) is 18.5. The standard InChI is InChI=1S/C19H20N4O2S/c1-13-8-14(2)10-15(9-13)21-18(24)11-26-19-22-20-12-23(19)16-4-6-17(25-3)7-5-16/h4-10,12H,11H2,1-3H3,(H,21,24). The van der Waals surface area contributed by atoms with Gasteiger partial charge >= 0.3 is 0 Å². The predicted molar refractivity (Wildman–Crippen MR) is 103 cm³/mol. The number of carbonyl (C=O) groups is 1. The molecule has 0 radical (unpaired) electrons. The molecule has 134 valence electrons. The van der Waals surface area contributed by atoms with Crippen LogP contribution < -0.4 is 10.1 Å². The molecule has 0 aliphatic heterocycles. The van der Waals surface area contributed by atoms with E-state index in [-0.39, 0.29) is 11.7 Å². The molecule has 7 heteroatoms. The zero-order valence-electron chi connectivity index (χ0n) is 14.9. The van der Waals surface area contributed by atoms with Gasteiger partial charge < -0.3 is 10.1 Å². The van der Waals surface area contributed by atoms with Crippen LogP contribution in [0.4, 0.5) is 5.69 Å². The first-order chi connectivity index (χ1) is 12.5. The van der Waals surface area contributed by atoms with Crippen molar-refractivity contribution in [3.8, 4) is 11.4 Å². The van der Waals surface area contributed by atoms with Gasteiger partial charge in [0.25, 0.3) is 0 Å². The Bertz CT molecular complexity index is 886. The fourth-order valence-corrected chi connectivity index (χ4v) is 3.35. The average Bonchev–Trinajstić information content (AvgIpc) is 3.07. The van der Waals surface area contributed by atoms with Crippen molar-refractivity contribution in [2.75, 3.05) is 18.2 Å². The molecule has 0 aliphatic rings. The van der Waals surface area contributed by atoms with Gasteiger partial charge in [0.15, 0.2) is 5.16 Å². The monoisotopic (exact) mass is 368 g/mol. The molecule has 3 rings (SSSR count). The lowest BCUT2D eigenvalue weighted by atomic mass is 10.1. The number of hydrogen-bond acceptors (Lipinski definition) is 5. The van der Waals surface area contributed by atoms with Gasteiger partial charge in [-0.25, -0.2) is 0 Å². The lowest BCUT2D eigenvalue weighted by Gasteiger charge is -2.09. The van der Waals surface area contributed by atoms with Crippen molar-refractivity contribution in [2.45, 2.75) is 19.0 Å². The van der Waals surface area contributed by atoms with E-state index in [9.17, 15) is 4.79 Å². The Hall–Kier alpha value is -2.80. The summed E-state index contributed by atoms with van der Waals surface area (Å²) < 4.78 is 7.01. The molecule has 0 atom stereocenters. The van der Waals surface area contributed by atoms with Gasteiger partial charge in [-0.3, -0.25) is 9.36 Å². The van der Waals surface area contributed by atoms with Gasteiger partial charge in [-0.15, -0.1) is 10.2 Å². The maximum absolute atomic E-state index is 12.3. The van der Waals surface area contributed by atoms with Gasteiger partial charge in [-0.05, 0) is 61.4 Å². The molecule has 1 amide bonds. The van der Waals surface area contributed by atoms with E-state index in [4.69, 9.17) is 4.74 Å². The van der Waals surface area contributed by atoms with Crippen molar-refractivity contribution in [2.24, 2.45) is 0 Å². The molecule has 0 aliphatic carbocycles. The summed E-state index contributed by atoms with van der Waals surface area (Å²) in [7, 11) is 1.63. The first kappa shape index (κ1) is 18.0. The van der Waals surface area contributed by atoms with E-state index in [0.29, 0.717) is 5.16 Å². The number of methoxy groups -OCH3 is 1. The highest BCUT2D eigenvalue weighted by molar-refractivity contribution is 7.99. The topological polar surface area (TPSA) is 69.0 Å². The van der Waals surface area contributed by atoms with Crippen LogP contribution in [0.5, 0.6) is 5.75 Å². The predicted octanol–water partition coefficient (Wildman–Crippen LogP) is 3.62. The van der Waals surface area contributed by atoms with Crippen molar-refractivity contribution in [1.29, 1.82) is 0 Å². The minimum atomic E-state index is -0.0794. The highest BCUT2D eigenvalue weighted by atomic mass is 32.2. The van der Waals surface area contributed by atoms with Gasteiger partial charge in [0.05, 0.1) is 12.9 Å². The molecule has 1 heterocycles. The molecule has 3 aromatic rings. The van der Waals surface area contributed by atoms with E-state index >= 15 is 0 Å². The fourth-order valence-electron chi connectivity index (χ4n) is 2.62. The lowest BCUT2D eigenvalue weighted by molar-refractivity contribution is -0.113. The molecular formula is C19H20N4O2S. The third kappa shape index (κ3) is 4.43. The minimum absolute atomic E-state index is 0.0794. The molecule has 1 aromatic heterocycles. The molecule has 6 nitrogen and oxygen atoms in total. The van der Waals surface area contributed by atoms with Crippen molar-refractivity contribution < 1.29 is 9.53 Å². The van der Waals surface area contributed by atoms with Gasteiger partial charge in [-0.1, -0.05) is 17.8 Å². The van der Waals surface area contributed by atoms with Crippen LogP contribution in [0.25, 0.3) is 5.69 Å². The van der Waals surface area contributed by atoms with Gasteiger partial charge in [0.2, 0.25) is 5.91 Å². The lowest BCUT2D eigenvalue weighted by Crippen LogP contribution is -2.14. The summed E-state index contributed by atoms with van der Waals surface area (Å²) in [6.45, 7) is 4.02. The van der Waals surface area contributed by atoms with Crippen LogP contribution in [0.1, 0.15) is 11.1 Å². The second-order valence-electron chi connectivity index (χ2n) is 5.89. The SMILES string of the molecule is COc1ccc(-n2cnnc2SCC(=O)Nc2cc(C)cc(C)c2)cc1. The number of nitrogens with one attached hydrogen (secondary N) is 1. The summed E-state index contributed by atoms with van der Waals surface area (Å²) in [6.07, 6.45) is 1.63. The number of thioether (sulfide) groups is 1. The summed E-state index contributed by atoms with van der Waals surface area (Å²) in [4.78, 5) is 12.3. The number of ether oxygens (including phenoxy) is 1. The minimum Gasteiger partial charge on any atom is -0.497 e. The van der Waals surface area contributed by atoms with Gasteiger partial charge in [-0.2, -0.15) is 0 Å². The first-order valence-corrected chi connectivity index (χ1v) is 9.09. The summed E-state index contributed by atoms with van der Waals surface area (Å²) in [5.74, 6) is 0.954. The molecule has 0 spiro atoms. The highest BCUT2D eigenvalue weighted by Gasteiger charge is 2.11. The zero-order valence-corrected chi connectivity index (χ0v) is 15.7. The Morgan fingerprint density at radius 3 is 2.50 bits per heavy atom. The smallest absolute Gasteiger partial charge is 0.234 e. The van der Waals surface area contributed by atoms with Crippen LogP contribution in [0.2, 0.25) is 0 Å². The van der Waals surface area contributed by atoms with Crippen LogP contribution in [-0.2, 0) is 4.79 Å². The van der Waals surface area contributed by atoms with Crippen LogP contribution in [0.15, 0.2) is 53.9 Å². The van der Waals surface area contributed by atoms with E-state index in [1.165, 1.54) is 11.8 Å². The quantitative estimate of drug-likeness (QED) is 0.673. The van der Waals surface area contributed by atoms with E-state index in [2.05, 4.69) is 21.6 Å². The number of benzene rings is 2. The molecule has 0 unspecified atom stereocenters. The average molecular weight is 368 g/mol. The summed E-state index contributed by atoms with van der Waals surface area (Å²) in [6, 6.07) is 13.6. The number of aromatic nitrogens is 3. The maximum Gasteiger partial charge on any atom is 0.234 e. The van der Waals surface area contributed by atoms with Gasteiger partial charge in [0, 0.05) is 11.4 Å². The van der Waals surface area contributed by atoms with Crippen molar-refractivity contribution in [3.05, 3.63) is 59.9 Å². The second-order valence-corrected chi connectivity index (χ2v) is 6.84. The normalized spacial score (nSPS) is 10.6. The van der Waals surface area contributed by atoms with Crippen molar-refractivity contribution >= 4 is 23.4 Å². The molecule has 0 saturated heterocycles. The number of amides is 1. The van der Waals surface area contributed by atoms with Crippen molar-refractivity contribution in [3.63, 3.8) is 0 Å². The molecule has 0 saturated carbocycles. The first-order valence-electron chi connectivity index (χ1n) is 8.10. The number of anilines is 1. The maximum atomic E-state index is 12.3. The molecule has 26 heavy (non-hydrogen) atoms.